The van der Waals surface area contributed by atoms with Gasteiger partial charge in [0.2, 0.25) is 0 Å². The first-order chi connectivity index (χ1) is 15.7. The Kier molecular flexibility index (Phi) is 7.32. The molecule has 0 aromatic heterocycles. The van der Waals surface area contributed by atoms with Crippen LogP contribution < -0.4 is 10.1 Å². The van der Waals surface area contributed by atoms with Crippen LogP contribution in [-0.4, -0.2) is 17.4 Å². The highest BCUT2D eigenvalue weighted by atomic mass is 19.4. The van der Waals surface area contributed by atoms with Crippen LogP contribution in [0, 0.1) is 10.1 Å². The van der Waals surface area contributed by atoms with E-state index in [1.165, 1.54) is 36.4 Å². The molecule has 172 valence electrons. The summed E-state index contributed by atoms with van der Waals surface area (Å²) in [5.41, 5.74) is -0.187. The van der Waals surface area contributed by atoms with Crippen molar-refractivity contribution >= 4 is 17.3 Å². The largest absolute Gasteiger partial charge is 0.493 e. The number of unbranched alkanes of at least 4 members (excludes halogenated alkanes) is 1. The summed E-state index contributed by atoms with van der Waals surface area (Å²) in [6.45, 7) is 2.41. The number of hydrogen-bond acceptors (Lipinski definition) is 4. The number of nitro groups is 1. The quantitative estimate of drug-likeness (QED) is 0.231. The maximum Gasteiger partial charge on any atom is 0.416 e. The number of rotatable bonds is 8. The van der Waals surface area contributed by atoms with Crippen LogP contribution in [0.4, 0.5) is 24.5 Å². The summed E-state index contributed by atoms with van der Waals surface area (Å²) in [6.07, 6.45) is -2.76. The van der Waals surface area contributed by atoms with Gasteiger partial charge in [0.05, 0.1) is 23.2 Å². The van der Waals surface area contributed by atoms with Crippen LogP contribution in [0.1, 0.15) is 35.7 Å². The number of halogens is 3. The van der Waals surface area contributed by atoms with E-state index in [4.69, 9.17) is 4.74 Å². The van der Waals surface area contributed by atoms with Gasteiger partial charge in [0, 0.05) is 5.56 Å². The predicted molar refractivity (Wildman–Crippen MR) is 118 cm³/mol. The average molecular weight is 458 g/mol. The van der Waals surface area contributed by atoms with Gasteiger partial charge in [-0.1, -0.05) is 43.7 Å². The molecule has 3 aromatic carbocycles. The molecule has 3 aromatic rings. The Labute approximate surface area is 188 Å². The Morgan fingerprint density at radius 3 is 2.39 bits per heavy atom. The minimum Gasteiger partial charge on any atom is -0.493 e. The van der Waals surface area contributed by atoms with Crippen LogP contribution in [0.15, 0.2) is 66.7 Å². The lowest BCUT2D eigenvalue weighted by molar-refractivity contribution is -0.384. The Balaban J connectivity index is 1.88. The van der Waals surface area contributed by atoms with E-state index in [-0.39, 0.29) is 16.9 Å². The molecule has 1 N–H and O–H groups in total. The molecule has 0 unspecified atom stereocenters. The molecule has 6 nitrogen and oxygen atoms in total. The van der Waals surface area contributed by atoms with Crippen LogP contribution in [0.5, 0.6) is 5.75 Å². The molecular weight excluding hydrogens is 437 g/mol. The highest BCUT2D eigenvalue weighted by Gasteiger charge is 2.30. The highest BCUT2D eigenvalue weighted by Crippen LogP contribution is 2.33. The molecule has 0 atom stereocenters. The first-order valence-electron chi connectivity index (χ1n) is 10.2. The van der Waals surface area contributed by atoms with Crippen molar-refractivity contribution in [2.24, 2.45) is 0 Å². The van der Waals surface area contributed by atoms with E-state index in [2.05, 4.69) is 5.32 Å². The molecule has 0 fully saturated rings. The van der Waals surface area contributed by atoms with Gasteiger partial charge in [-0.15, -0.1) is 0 Å². The number of benzene rings is 3. The zero-order chi connectivity index (χ0) is 24.0. The number of amides is 1. The smallest absolute Gasteiger partial charge is 0.416 e. The SMILES string of the molecule is CCCCOc1ccc(NC(=O)c2ccccc2-c2ccc(C(F)(F)F)cc2)c([N+](=O)[O-])c1. The minimum absolute atomic E-state index is 0.0185. The van der Waals surface area contributed by atoms with Gasteiger partial charge in [-0.25, -0.2) is 0 Å². The molecule has 0 saturated carbocycles. The highest BCUT2D eigenvalue weighted by molar-refractivity contribution is 6.09. The third-order valence-electron chi connectivity index (χ3n) is 4.88. The van der Waals surface area contributed by atoms with Crippen LogP contribution >= 0.6 is 0 Å². The Morgan fingerprint density at radius 2 is 1.76 bits per heavy atom. The first kappa shape index (κ1) is 23.8. The number of nitro benzene ring substituents is 1. The second kappa shape index (κ2) is 10.2. The van der Waals surface area contributed by atoms with Crippen molar-refractivity contribution in [1.82, 2.24) is 0 Å². The van der Waals surface area contributed by atoms with Gasteiger partial charge >= 0.3 is 6.18 Å². The van der Waals surface area contributed by atoms with Gasteiger partial charge in [-0.3, -0.25) is 14.9 Å². The molecule has 0 aliphatic carbocycles. The number of anilines is 1. The van der Waals surface area contributed by atoms with Crippen molar-refractivity contribution in [1.29, 1.82) is 0 Å². The predicted octanol–water partition coefficient (Wildman–Crippen LogP) is 6.71. The number of ether oxygens (including phenoxy) is 1. The third kappa shape index (κ3) is 5.88. The van der Waals surface area contributed by atoms with Gasteiger partial charge < -0.3 is 10.1 Å². The van der Waals surface area contributed by atoms with Crippen molar-refractivity contribution in [2.75, 3.05) is 11.9 Å². The second-order valence-corrected chi connectivity index (χ2v) is 7.21. The number of nitrogens with zero attached hydrogens (tertiary/aromatic N) is 1. The lowest BCUT2D eigenvalue weighted by Crippen LogP contribution is -2.14. The number of nitrogens with one attached hydrogen (secondary N) is 1. The summed E-state index contributed by atoms with van der Waals surface area (Å²) in [6, 6.07) is 14.9. The molecule has 9 heteroatoms. The first-order valence-corrected chi connectivity index (χ1v) is 10.2. The molecule has 0 spiro atoms. The van der Waals surface area contributed by atoms with Gasteiger partial charge in [-0.2, -0.15) is 13.2 Å². The van der Waals surface area contributed by atoms with E-state index in [9.17, 15) is 28.1 Å². The molecule has 0 saturated heterocycles. The monoisotopic (exact) mass is 458 g/mol. The van der Waals surface area contributed by atoms with Crippen molar-refractivity contribution in [3.8, 4) is 16.9 Å². The molecule has 0 aliphatic rings. The maximum absolute atomic E-state index is 13.0. The lowest BCUT2D eigenvalue weighted by atomic mass is 9.98. The van der Waals surface area contributed by atoms with E-state index < -0.39 is 22.6 Å². The van der Waals surface area contributed by atoms with E-state index >= 15 is 0 Å². The standard InChI is InChI=1S/C24H21F3N2O4/c1-2-3-14-33-18-12-13-21(22(15-18)29(31)32)28-23(30)20-7-5-4-6-19(20)16-8-10-17(11-9-16)24(25,26)27/h4-13,15H,2-3,14H2,1H3,(H,28,30). The van der Waals surface area contributed by atoms with Gasteiger partial charge in [0.25, 0.3) is 11.6 Å². The molecule has 0 aliphatic heterocycles. The Bertz CT molecular complexity index is 1150. The van der Waals surface area contributed by atoms with E-state index in [1.54, 1.807) is 18.2 Å². The van der Waals surface area contributed by atoms with Gasteiger partial charge in [-0.05, 0) is 47.9 Å². The van der Waals surface area contributed by atoms with Gasteiger partial charge in [0.15, 0.2) is 0 Å². The summed E-state index contributed by atoms with van der Waals surface area (Å²) >= 11 is 0. The number of carbonyl (C=O) groups excluding carboxylic acids is 1. The molecule has 0 bridgehead atoms. The second-order valence-electron chi connectivity index (χ2n) is 7.21. The van der Waals surface area contributed by atoms with Crippen molar-refractivity contribution < 1.29 is 27.6 Å². The zero-order valence-corrected chi connectivity index (χ0v) is 17.7. The van der Waals surface area contributed by atoms with Crippen molar-refractivity contribution in [3.05, 3.63) is 88.0 Å². The van der Waals surface area contributed by atoms with E-state index in [0.717, 1.165) is 25.0 Å². The maximum atomic E-state index is 13.0. The lowest BCUT2D eigenvalue weighted by Gasteiger charge is -2.13. The number of hydrogen-bond donors (Lipinski definition) is 1. The summed E-state index contributed by atoms with van der Waals surface area (Å²) in [7, 11) is 0. The Morgan fingerprint density at radius 1 is 1.06 bits per heavy atom. The fourth-order valence-corrected chi connectivity index (χ4v) is 3.15. The minimum atomic E-state index is -4.47. The van der Waals surface area contributed by atoms with Crippen LogP contribution in [0.3, 0.4) is 0 Å². The summed E-state index contributed by atoms with van der Waals surface area (Å²) in [4.78, 5) is 23.9. The Hall–Kier alpha value is -3.88. The molecule has 3 rings (SSSR count). The zero-order valence-electron chi connectivity index (χ0n) is 17.7. The number of carbonyl (C=O) groups is 1. The molecule has 33 heavy (non-hydrogen) atoms. The van der Waals surface area contributed by atoms with Gasteiger partial charge in [0.1, 0.15) is 11.4 Å². The third-order valence-corrected chi connectivity index (χ3v) is 4.88. The van der Waals surface area contributed by atoms with E-state index in [0.29, 0.717) is 23.5 Å². The average Bonchev–Trinajstić information content (AvgIpc) is 2.79. The van der Waals surface area contributed by atoms with Crippen LogP contribution in [-0.2, 0) is 6.18 Å². The molecular formula is C24H21F3N2O4. The van der Waals surface area contributed by atoms with Crippen LogP contribution in [0.2, 0.25) is 0 Å². The summed E-state index contributed by atoms with van der Waals surface area (Å²) in [5.74, 6) is -0.313. The summed E-state index contributed by atoms with van der Waals surface area (Å²) in [5, 5.41) is 14.1. The number of alkyl halides is 3. The molecule has 0 radical (unpaired) electrons. The topological polar surface area (TPSA) is 81.5 Å². The molecule has 1 amide bonds. The molecule has 0 heterocycles. The summed E-state index contributed by atoms with van der Waals surface area (Å²) < 4.78 is 44.1. The van der Waals surface area contributed by atoms with Crippen molar-refractivity contribution in [2.45, 2.75) is 25.9 Å². The van der Waals surface area contributed by atoms with Crippen LogP contribution in [0.25, 0.3) is 11.1 Å². The normalized spacial score (nSPS) is 11.2. The fraction of sp³-hybridized carbons (Fsp3) is 0.208. The van der Waals surface area contributed by atoms with E-state index in [1.807, 2.05) is 6.92 Å². The fourth-order valence-electron chi connectivity index (χ4n) is 3.15. The van der Waals surface area contributed by atoms with Crippen molar-refractivity contribution in [3.63, 3.8) is 0 Å².